The average Bonchev–Trinajstić information content (AvgIpc) is 2.56. The molecule has 0 radical (unpaired) electrons. The Morgan fingerprint density at radius 1 is 1.33 bits per heavy atom. The van der Waals surface area contributed by atoms with E-state index in [0.29, 0.717) is 6.04 Å². The molecule has 1 N–H and O–H groups in total. The topological polar surface area (TPSA) is 23.5 Å². The van der Waals surface area contributed by atoms with E-state index >= 15 is 0 Å². The maximum Gasteiger partial charge on any atom is 0.0790 e. The van der Waals surface area contributed by atoms with Crippen LogP contribution in [0.25, 0.3) is 0 Å². The van der Waals surface area contributed by atoms with Crippen molar-refractivity contribution < 1.29 is 5.11 Å². The molecule has 1 aromatic rings. The van der Waals surface area contributed by atoms with Crippen LogP contribution in [0.1, 0.15) is 37.7 Å². The number of halogens is 1. The maximum absolute atomic E-state index is 10.7. The van der Waals surface area contributed by atoms with Crippen LogP contribution in [0.2, 0.25) is 5.02 Å². The van der Waals surface area contributed by atoms with E-state index in [1.54, 1.807) is 0 Å². The number of aliphatic hydroxyl groups is 1. The molecule has 0 unspecified atom stereocenters. The summed E-state index contributed by atoms with van der Waals surface area (Å²) in [5, 5.41) is 11.5. The summed E-state index contributed by atoms with van der Waals surface area (Å²) in [6.45, 7) is 2.19. The lowest BCUT2D eigenvalue weighted by atomic mass is 9.76. The first kappa shape index (κ1) is 12.5. The summed E-state index contributed by atoms with van der Waals surface area (Å²) in [5.74, 6) is 0.246. The predicted molar refractivity (Wildman–Crippen MR) is 74.0 cm³/mol. The maximum atomic E-state index is 10.7. The lowest BCUT2D eigenvalue weighted by molar-refractivity contribution is -0.0474. The monoisotopic (exact) mass is 265 g/mol. The first-order valence-electron chi connectivity index (χ1n) is 6.69. The molecule has 3 rings (SSSR count). The third-order valence-corrected chi connectivity index (χ3v) is 5.43. The van der Waals surface area contributed by atoms with Crippen LogP contribution in [0.15, 0.2) is 24.3 Å². The average molecular weight is 266 g/mol. The molecule has 2 aliphatic heterocycles. The predicted octanol–water partition coefficient (Wildman–Crippen LogP) is 3.04. The summed E-state index contributed by atoms with van der Waals surface area (Å²) in [6, 6.07) is 8.58. The fourth-order valence-electron chi connectivity index (χ4n) is 3.76. The second-order valence-corrected chi connectivity index (χ2v) is 6.44. The van der Waals surface area contributed by atoms with E-state index < -0.39 is 0 Å². The van der Waals surface area contributed by atoms with Crippen molar-refractivity contribution in [1.29, 1.82) is 0 Å². The number of nitrogens with zero attached hydrogens (tertiary/aromatic N) is 1. The van der Waals surface area contributed by atoms with E-state index in [9.17, 15) is 5.11 Å². The van der Waals surface area contributed by atoms with Crippen molar-refractivity contribution in [2.24, 2.45) is 0 Å². The molecule has 3 heteroatoms. The van der Waals surface area contributed by atoms with Crippen molar-refractivity contribution >= 4 is 11.6 Å². The SMILES string of the molecule is CN1[C@H]2CC[C@]1(C)[C@@H](O)[C@@H](c1ccc(Cl)cc1)C2. The molecule has 0 aromatic heterocycles. The number of aliphatic hydroxyl groups excluding tert-OH is 1. The number of rotatable bonds is 1. The number of hydrogen-bond donors (Lipinski definition) is 1. The van der Waals surface area contributed by atoms with E-state index in [1.807, 2.05) is 12.1 Å². The van der Waals surface area contributed by atoms with Gasteiger partial charge in [-0.3, -0.25) is 4.90 Å². The Labute approximate surface area is 114 Å². The molecule has 0 amide bonds. The van der Waals surface area contributed by atoms with Crippen molar-refractivity contribution in [1.82, 2.24) is 4.90 Å². The van der Waals surface area contributed by atoms with Gasteiger partial charge in [-0.25, -0.2) is 0 Å². The van der Waals surface area contributed by atoms with Gasteiger partial charge in [0.25, 0.3) is 0 Å². The van der Waals surface area contributed by atoms with E-state index in [4.69, 9.17) is 11.6 Å². The molecule has 2 aliphatic rings. The van der Waals surface area contributed by atoms with Crippen LogP contribution in [-0.2, 0) is 0 Å². The first-order chi connectivity index (χ1) is 8.52. The number of benzene rings is 1. The zero-order valence-electron chi connectivity index (χ0n) is 10.9. The van der Waals surface area contributed by atoms with Gasteiger partial charge in [0.2, 0.25) is 0 Å². The van der Waals surface area contributed by atoms with Crippen molar-refractivity contribution in [3.8, 4) is 0 Å². The highest BCUT2D eigenvalue weighted by Crippen LogP contribution is 2.48. The van der Waals surface area contributed by atoms with Gasteiger partial charge < -0.3 is 5.11 Å². The highest BCUT2D eigenvalue weighted by Gasteiger charge is 2.53. The quantitative estimate of drug-likeness (QED) is 0.844. The number of hydrogen-bond acceptors (Lipinski definition) is 2. The van der Waals surface area contributed by atoms with Crippen LogP contribution in [-0.4, -0.2) is 34.7 Å². The molecule has 0 saturated carbocycles. The van der Waals surface area contributed by atoms with Gasteiger partial charge in [0.1, 0.15) is 0 Å². The molecule has 2 heterocycles. The standard InChI is InChI=1S/C15H20ClNO/c1-15-8-7-12(17(15)2)9-13(14(15)18)10-3-5-11(16)6-4-10/h3-6,12-14,18H,7-9H2,1-2H3/t12-,13+,14-,15+/m0/s1. The molecular formula is C15H20ClNO. The molecule has 2 bridgehead atoms. The van der Waals surface area contributed by atoms with Gasteiger partial charge in [-0.1, -0.05) is 23.7 Å². The van der Waals surface area contributed by atoms with Crippen LogP contribution >= 0.6 is 11.6 Å². The molecule has 98 valence electrons. The normalized spacial score (nSPS) is 40.1. The van der Waals surface area contributed by atoms with E-state index in [1.165, 1.54) is 12.0 Å². The van der Waals surface area contributed by atoms with E-state index in [-0.39, 0.29) is 17.6 Å². The lowest BCUT2D eigenvalue weighted by Crippen LogP contribution is -2.57. The Bertz CT molecular complexity index is 446. The summed E-state index contributed by atoms with van der Waals surface area (Å²) >= 11 is 5.94. The largest absolute Gasteiger partial charge is 0.391 e. The summed E-state index contributed by atoms with van der Waals surface area (Å²) in [5.41, 5.74) is 1.16. The van der Waals surface area contributed by atoms with Gasteiger partial charge >= 0.3 is 0 Å². The summed E-state index contributed by atoms with van der Waals surface area (Å²) in [4.78, 5) is 2.38. The van der Waals surface area contributed by atoms with Crippen molar-refractivity contribution in [2.75, 3.05) is 7.05 Å². The van der Waals surface area contributed by atoms with Gasteiger partial charge in [-0.05, 0) is 50.9 Å². The Morgan fingerprint density at radius 3 is 2.67 bits per heavy atom. The van der Waals surface area contributed by atoms with Crippen molar-refractivity contribution in [2.45, 2.75) is 49.8 Å². The third-order valence-electron chi connectivity index (χ3n) is 5.18. The molecule has 1 aromatic carbocycles. The molecule has 2 nitrogen and oxygen atoms in total. The highest BCUT2D eigenvalue weighted by molar-refractivity contribution is 6.30. The van der Waals surface area contributed by atoms with Crippen LogP contribution in [0, 0.1) is 0 Å². The highest BCUT2D eigenvalue weighted by atomic mass is 35.5. The van der Waals surface area contributed by atoms with Crippen LogP contribution in [0.5, 0.6) is 0 Å². The fourth-order valence-corrected chi connectivity index (χ4v) is 3.89. The summed E-state index contributed by atoms with van der Waals surface area (Å²) < 4.78 is 0. The third kappa shape index (κ3) is 1.70. The van der Waals surface area contributed by atoms with Gasteiger partial charge in [0.05, 0.1) is 6.10 Å². The van der Waals surface area contributed by atoms with Crippen LogP contribution in [0.3, 0.4) is 0 Å². The molecule has 2 saturated heterocycles. The molecule has 0 aliphatic carbocycles. The van der Waals surface area contributed by atoms with Crippen LogP contribution in [0.4, 0.5) is 0 Å². The summed E-state index contributed by atoms with van der Waals surface area (Å²) in [7, 11) is 2.15. The zero-order chi connectivity index (χ0) is 12.9. The van der Waals surface area contributed by atoms with Gasteiger partial charge in [0, 0.05) is 22.5 Å². The van der Waals surface area contributed by atoms with Crippen molar-refractivity contribution in [3.05, 3.63) is 34.9 Å². The van der Waals surface area contributed by atoms with Crippen LogP contribution < -0.4 is 0 Å². The minimum absolute atomic E-state index is 0.0623. The van der Waals surface area contributed by atoms with Gasteiger partial charge in [0.15, 0.2) is 0 Å². The number of piperidine rings is 1. The number of likely N-dealkylation sites (N-methyl/N-ethyl adjacent to an activating group) is 1. The molecular weight excluding hydrogens is 246 g/mol. The molecule has 4 atom stereocenters. The minimum Gasteiger partial charge on any atom is -0.391 e. The van der Waals surface area contributed by atoms with Gasteiger partial charge in [-0.2, -0.15) is 0 Å². The molecule has 0 spiro atoms. The van der Waals surface area contributed by atoms with E-state index in [2.05, 4.69) is 31.0 Å². The Morgan fingerprint density at radius 2 is 2.00 bits per heavy atom. The first-order valence-corrected chi connectivity index (χ1v) is 7.06. The Balaban J connectivity index is 1.93. The lowest BCUT2D eigenvalue weighted by Gasteiger charge is -2.48. The minimum atomic E-state index is -0.289. The fraction of sp³-hybridized carbons (Fsp3) is 0.600. The second-order valence-electron chi connectivity index (χ2n) is 6.00. The zero-order valence-corrected chi connectivity index (χ0v) is 11.7. The molecule has 18 heavy (non-hydrogen) atoms. The van der Waals surface area contributed by atoms with E-state index in [0.717, 1.165) is 17.9 Å². The Hall–Kier alpha value is -0.570. The van der Waals surface area contributed by atoms with Crippen molar-refractivity contribution in [3.63, 3.8) is 0 Å². The summed E-state index contributed by atoms with van der Waals surface area (Å²) in [6.07, 6.45) is 3.06. The molecule has 2 fully saturated rings. The Kier molecular flexibility index (Phi) is 2.92. The van der Waals surface area contributed by atoms with Gasteiger partial charge in [-0.15, -0.1) is 0 Å². The second kappa shape index (κ2) is 4.22. The number of fused-ring (bicyclic) bond motifs is 2. The smallest absolute Gasteiger partial charge is 0.0790 e.